The van der Waals surface area contributed by atoms with Crippen LogP contribution in [0.25, 0.3) is 20.8 Å². The van der Waals surface area contributed by atoms with Gasteiger partial charge in [0, 0.05) is 15.3 Å². The normalized spacial score (nSPS) is 10.8. The van der Waals surface area contributed by atoms with Crippen molar-refractivity contribution in [3.05, 3.63) is 75.1 Å². The lowest BCUT2D eigenvalue weighted by molar-refractivity contribution is 0.102. The zero-order valence-electron chi connectivity index (χ0n) is 13.2. The molecule has 0 bridgehead atoms. The molecular weight excluding hydrogens is 481 g/mol. The monoisotopic (exact) mass is 491 g/mol. The average Bonchev–Trinajstić information content (AvgIpc) is 3.07. The Balaban J connectivity index is 1.75. The molecule has 7 heteroatoms. The van der Waals surface area contributed by atoms with Crippen molar-refractivity contribution in [2.45, 2.75) is 0 Å². The van der Waals surface area contributed by atoms with Crippen LogP contribution in [0.5, 0.6) is 0 Å². The molecule has 2 heterocycles. The fourth-order valence-corrected chi connectivity index (χ4v) is 4.23. The van der Waals surface area contributed by atoms with E-state index >= 15 is 0 Å². The molecule has 0 saturated carbocycles. The number of hydrogen-bond donors (Lipinski definition) is 1. The van der Waals surface area contributed by atoms with Crippen LogP contribution in [0.4, 0.5) is 5.69 Å². The van der Waals surface area contributed by atoms with E-state index in [9.17, 15) is 4.79 Å². The fourth-order valence-electron chi connectivity index (χ4n) is 2.53. The van der Waals surface area contributed by atoms with Crippen molar-refractivity contribution in [2.75, 3.05) is 5.32 Å². The molecule has 0 radical (unpaired) electrons. The van der Waals surface area contributed by atoms with Gasteiger partial charge in [0.15, 0.2) is 0 Å². The lowest BCUT2D eigenvalue weighted by Crippen LogP contribution is -2.13. The van der Waals surface area contributed by atoms with Crippen molar-refractivity contribution in [1.29, 1.82) is 0 Å². The third kappa shape index (κ3) is 3.44. The second kappa shape index (κ2) is 7.30. The van der Waals surface area contributed by atoms with E-state index in [0.29, 0.717) is 11.3 Å². The maximum atomic E-state index is 12.6. The number of pyridine rings is 1. The Labute approximate surface area is 172 Å². The molecule has 4 rings (SSSR count). The Bertz CT molecular complexity index is 1100. The molecule has 0 saturated heterocycles. The molecular formula is C19H11ClIN3OS. The van der Waals surface area contributed by atoms with Crippen molar-refractivity contribution < 1.29 is 4.79 Å². The summed E-state index contributed by atoms with van der Waals surface area (Å²) in [6.07, 6.45) is 1.55. The Morgan fingerprint density at radius 3 is 2.77 bits per heavy atom. The highest BCUT2D eigenvalue weighted by Gasteiger charge is 2.16. The number of anilines is 1. The third-order valence-corrected chi connectivity index (χ3v) is 5.80. The molecule has 0 aliphatic rings. The minimum atomic E-state index is -0.299. The maximum Gasteiger partial charge on any atom is 0.258 e. The van der Waals surface area contributed by atoms with E-state index in [1.807, 2.05) is 42.5 Å². The molecule has 1 amide bonds. The standard InChI is InChI=1S/C19H11ClIN3OS/c20-17-12(4-3-9-22-17)18(25)23-14-8-7-11(21)10-13(14)19-24-15-5-1-2-6-16(15)26-19/h1-10H,(H,23,25). The average molecular weight is 492 g/mol. The number of hydrogen-bond acceptors (Lipinski definition) is 4. The summed E-state index contributed by atoms with van der Waals surface area (Å²) in [7, 11) is 0. The number of amides is 1. The molecule has 4 nitrogen and oxygen atoms in total. The first-order valence-electron chi connectivity index (χ1n) is 7.69. The molecule has 0 aliphatic heterocycles. The van der Waals surface area contributed by atoms with Crippen LogP contribution in [0.1, 0.15) is 10.4 Å². The van der Waals surface area contributed by atoms with Crippen LogP contribution in [0, 0.1) is 3.57 Å². The lowest BCUT2D eigenvalue weighted by Gasteiger charge is -2.10. The van der Waals surface area contributed by atoms with Gasteiger partial charge in [0.1, 0.15) is 10.2 Å². The van der Waals surface area contributed by atoms with Crippen LogP contribution in [0.2, 0.25) is 5.15 Å². The highest BCUT2D eigenvalue weighted by molar-refractivity contribution is 14.1. The van der Waals surface area contributed by atoms with Crippen LogP contribution in [-0.2, 0) is 0 Å². The molecule has 26 heavy (non-hydrogen) atoms. The first-order valence-corrected chi connectivity index (χ1v) is 9.96. The first kappa shape index (κ1) is 17.4. The van der Waals surface area contributed by atoms with E-state index in [0.717, 1.165) is 24.4 Å². The predicted octanol–water partition coefficient (Wildman–Crippen LogP) is 5.87. The number of nitrogens with zero attached hydrogens (tertiary/aromatic N) is 2. The van der Waals surface area contributed by atoms with Crippen LogP contribution in [0.3, 0.4) is 0 Å². The Morgan fingerprint density at radius 1 is 1.12 bits per heavy atom. The molecule has 128 valence electrons. The number of rotatable bonds is 3. The molecule has 0 unspecified atom stereocenters. The van der Waals surface area contributed by atoms with Crippen LogP contribution < -0.4 is 5.32 Å². The summed E-state index contributed by atoms with van der Waals surface area (Å²) in [4.78, 5) is 21.3. The quantitative estimate of drug-likeness (QED) is 0.288. The van der Waals surface area contributed by atoms with Gasteiger partial charge < -0.3 is 5.32 Å². The minimum Gasteiger partial charge on any atom is -0.321 e. The zero-order valence-corrected chi connectivity index (χ0v) is 17.0. The summed E-state index contributed by atoms with van der Waals surface area (Å²) in [6.45, 7) is 0. The fraction of sp³-hybridized carbons (Fsp3) is 0. The highest BCUT2D eigenvalue weighted by atomic mass is 127. The van der Waals surface area contributed by atoms with Gasteiger partial charge >= 0.3 is 0 Å². The molecule has 0 atom stereocenters. The van der Waals surface area contributed by atoms with E-state index in [1.54, 1.807) is 29.7 Å². The number of para-hydroxylation sites is 1. The van der Waals surface area contributed by atoms with Gasteiger partial charge in [-0.1, -0.05) is 23.7 Å². The largest absolute Gasteiger partial charge is 0.321 e. The number of carbonyl (C=O) groups excluding carboxylic acids is 1. The summed E-state index contributed by atoms with van der Waals surface area (Å²) >= 11 is 9.88. The summed E-state index contributed by atoms with van der Waals surface area (Å²) in [6, 6.07) is 17.1. The summed E-state index contributed by atoms with van der Waals surface area (Å²) in [5.41, 5.74) is 2.85. The molecule has 0 fully saturated rings. The number of carbonyl (C=O) groups is 1. The number of aromatic nitrogens is 2. The van der Waals surface area contributed by atoms with Crippen molar-refractivity contribution in [3.8, 4) is 10.6 Å². The molecule has 2 aromatic carbocycles. The van der Waals surface area contributed by atoms with E-state index < -0.39 is 0 Å². The van der Waals surface area contributed by atoms with Gasteiger partial charge in [-0.05, 0) is 65.1 Å². The van der Waals surface area contributed by atoms with Crippen LogP contribution >= 0.6 is 45.5 Å². The van der Waals surface area contributed by atoms with E-state index in [1.165, 1.54) is 0 Å². The number of benzene rings is 2. The molecule has 0 aliphatic carbocycles. The van der Waals surface area contributed by atoms with Gasteiger partial charge in [-0.15, -0.1) is 11.3 Å². The topological polar surface area (TPSA) is 54.9 Å². The van der Waals surface area contributed by atoms with E-state index in [2.05, 4.69) is 32.9 Å². The van der Waals surface area contributed by atoms with Crippen LogP contribution in [0.15, 0.2) is 60.8 Å². The second-order valence-corrected chi connectivity index (χ2v) is 8.11. The lowest BCUT2D eigenvalue weighted by atomic mass is 10.1. The van der Waals surface area contributed by atoms with E-state index in [-0.39, 0.29) is 11.1 Å². The Kier molecular flexibility index (Phi) is 4.88. The predicted molar refractivity (Wildman–Crippen MR) is 115 cm³/mol. The molecule has 2 aromatic heterocycles. The van der Waals surface area contributed by atoms with E-state index in [4.69, 9.17) is 16.6 Å². The molecule has 4 aromatic rings. The minimum absolute atomic E-state index is 0.178. The summed E-state index contributed by atoms with van der Waals surface area (Å²) in [5, 5.41) is 3.97. The Morgan fingerprint density at radius 2 is 1.96 bits per heavy atom. The Hall–Kier alpha value is -2.03. The number of fused-ring (bicyclic) bond motifs is 1. The SMILES string of the molecule is O=C(Nc1ccc(I)cc1-c1nc2ccccc2s1)c1cccnc1Cl. The third-order valence-electron chi connectivity index (χ3n) is 3.76. The van der Waals surface area contributed by atoms with Crippen molar-refractivity contribution >= 4 is 67.3 Å². The molecule has 0 spiro atoms. The summed E-state index contributed by atoms with van der Waals surface area (Å²) < 4.78 is 2.17. The summed E-state index contributed by atoms with van der Waals surface area (Å²) in [5.74, 6) is -0.299. The second-order valence-electron chi connectivity index (χ2n) is 5.47. The van der Waals surface area contributed by atoms with Crippen LogP contribution in [-0.4, -0.2) is 15.9 Å². The van der Waals surface area contributed by atoms with Gasteiger partial charge in [0.05, 0.1) is 21.5 Å². The molecule has 1 N–H and O–H groups in total. The van der Waals surface area contributed by atoms with Gasteiger partial charge in [-0.3, -0.25) is 4.79 Å². The maximum absolute atomic E-state index is 12.6. The van der Waals surface area contributed by atoms with Crippen molar-refractivity contribution in [1.82, 2.24) is 9.97 Å². The number of thiazole rings is 1. The van der Waals surface area contributed by atoms with Gasteiger partial charge in [-0.25, -0.2) is 9.97 Å². The van der Waals surface area contributed by atoms with Gasteiger partial charge in [0.25, 0.3) is 5.91 Å². The van der Waals surface area contributed by atoms with Crippen molar-refractivity contribution in [2.24, 2.45) is 0 Å². The smallest absolute Gasteiger partial charge is 0.258 e. The van der Waals surface area contributed by atoms with Gasteiger partial charge in [0.2, 0.25) is 0 Å². The number of halogens is 2. The first-order chi connectivity index (χ1) is 12.6. The number of nitrogens with one attached hydrogen (secondary N) is 1. The highest BCUT2D eigenvalue weighted by Crippen LogP contribution is 2.35. The zero-order chi connectivity index (χ0) is 18.1. The van der Waals surface area contributed by atoms with Crippen molar-refractivity contribution in [3.63, 3.8) is 0 Å². The van der Waals surface area contributed by atoms with Gasteiger partial charge in [-0.2, -0.15) is 0 Å².